The van der Waals surface area contributed by atoms with Crippen LogP contribution < -0.4 is 14.8 Å². The molecule has 0 bridgehead atoms. The van der Waals surface area contributed by atoms with Crippen molar-refractivity contribution in [2.75, 3.05) is 25.1 Å². The number of para-hydroxylation sites is 1. The summed E-state index contributed by atoms with van der Waals surface area (Å²) in [5.41, 5.74) is 1.71. The van der Waals surface area contributed by atoms with Crippen molar-refractivity contribution in [3.8, 4) is 11.5 Å². The van der Waals surface area contributed by atoms with Crippen molar-refractivity contribution in [1.82, 2.24) is 0 Å². The fraction of sp³-hybridized carbons (Fsp3) is 0.333. The van der Waals surface area contributed by atoms with Crippen LogP contribution in [0.1, 0.15) is 41.3 Å². The zero-order chi connectivity index (χ0) is 21.8. The van der Waals surface area contributed by atoms with Crippen LogP contribution in [0.15, 0.2) is 30.3 Å². The second kappa shape index (κ2) is 8.81. The first kappa shape index (κ1) is 21.1. The molecule has 0 atom stereocenters. The minimum absolute atomic E-state index is 0.183. The molecule has 2 aromatic carbocycles. The number of aryl methyl sites for hydroxylation is 1. The number of benzene rings is 2. The number of ether oxygens (including phenoxy) is 3. The summed E-state index contributed by atoms with van der Waals surface area (Å²) < 4.78 is 15.7. The SMILES string of the molecule is Cc1cccc(C(C)C)c1NC(=O)COC(=O)c1cc2c(cc1[N+](=O)[O-])OCCO2. The average molecular weight is 414 g/mol. The van der Waals surface area contributed by atoms with Crippen molar-refractivity contribution in [1.29, 1.82) is 0 Å². The normalized spacial score (nSPS) is 12.4. The molecule has 1 heterocycles. The van der Waals surface area contributed by atoms with Crippen molar-refractivity contribution in [3.05, 3.63) is 57.1 Å². The Labute approximate surface area is 173 Å². The minimum atomic E-state index is -0.998. The number of carbonyl (C=O) groups is 2. The highest BCUT2D eigenvalue weighted by atomic mass is 16.6. The van der Waals surface area contributed by atoms with Crippen LogP contribution >= 0.6 is 0 Å². The summed E-state index contributed by atoms with van der Waals surface area (Å²) in [6.45, 7) is 5.81. The fourth-order valence-electron chi connectivity index (χ4n) is 3.12. The minimum Gasteiger partial charge on any atom is -0.486 e. The van der Waals surface area contributed by atoms with Gasteiger partial charge in [-0.3, -0.25) is 14.9 Å². The molecule has 0 spiro atoms. The van der Waals surface area contributed by atoms with Gasteiger partial charge in [0.2, 0.25) is 0 Å². The molecule has 0 aliphatic carbocycles. The molecule has 0 aromatic heterocycles. The van der Waals surface area contributed by atoms with Crippen molar-refractivity contribution >= 4 is 23.3 Å². The number of hydrogen-bond donors (Lipinski definition) is 1. The van der Waals surface area contributed by atoms with E-state index in [1.54, 1.807) is 0 Å². The van der Waals surface area contributed by atoms with Crippen LogP contribution in [-0.2, 0) is 9.53 Å². The van der Waals surface area contributed by atoms with Gasteiger partial charge in [0.25, 0.3) is 11.6 Å². The largest absolute Gasteiger partial charge is 0.486 e. The smallest absolute Gasteiger partial charge is 0.345 e. The maximum atomic E-state index is 12.5. The molecule has 1 N–H and O–H groups in total. The van der Waals surface area contributed by atoms with Crippen molar-refractivity contribution in [2.24, 2.45) is 0 Å². The molecule has 0 saturated heterocycles. The third-order valence-electron chi connectivity index (χ3n) is 4.60. The highest BCUT2D eigenvalue weighted by Gasteiger charge is 2.28. The molecule has 0 saturated carbocycles. The number of nitrogens with one attached hydrogen (secondary N) is 1. The Bertz CT molecular complexity index is 1000. The lowest BCUT2D eigenvalue weighted by molar-refractivity contribution is -0.385. The van der Waals surface area contributed by atoms with Crippen LogP contribution in [0.5, 0.6) is 11.5 Å². The predicted octanol–water partition coefficient (Wildman–Crippen LogP) is 3.59. The van der Waals surface area contributed by atoms with Crippen molar-refractivity contribution in [3.63, 3.8) is 0 Å². The number of amides is 1. The Balaban J connectivity index is 1.73. The molecule has 0 radical (unpaired) electrons. The lowest BCUT2D eigenvalue weighted by Gasteiger charge is -2.19. The lowest BCUT2D eigenvalue weighted by atomic mass is 9.98. The zero-order valence-corrected chi connectivity index (χ0v) is 16.9. The van der Waals surface area contributed by atoms with E-state index in [2.05, 4.69) is 5.32 Å². The molecule has 2 aromatic rings. The van der Waals surface area contributed by atoms with Gasteiger partial charge in [-0.2, -0.15) is 0 Å². The van der Waals surface area contributed by atoms with E-state index in [4.69, 9.17) is 14.2 Å². The van der Waals surface area contributed by atoms with E-state index < -0.39 is 29.1 Å². The third kappa shape index (κ3) is 4.51. The second-order valence-electron chi connectivity index (χ2n) is 7.09. The number of nitrogens with zero attached hydrogens (tertiary/aromatic N) is 1. The van der Waals surface area contributed by atoms with E-state index in [0.29, 0.717) is 5.69 Å². The van der Waals surface area contributed by atoms with Gasteiger partial charge >= 0.3 is 5.97 Å². The molecule has 3 rings (SSSR count). The van der Waals surface area contributed by atoms with E-state index in [-0.39, 0.29) is 36.2 Å². The molecular formula is C21H22N2O7. The van der Waals surface area contributed by atoms with Crippen LogP contribution in [-0.4, -0.2) is 36.6 Å². The summed E-state index contributed by atoms with van der Waals surface area (Å²) in [4.78, 5) is 35.5. The molecule has 1 aliphatic rings. The fourth-order valence-corrected chi connectivity index (χ4v) is 3.12. The van der Waals surface area contributed by atoms with E-state index in [1.807, 2.05) is 39.0 Å². The van der Waals surface area contributed by atoms with E-state index in [0.717, 1.165) is 17.2 Å². The van der Waals surface area contributed by atoms with Crippen LogP contribution in [0.4, 0.5) is 11.4 Å². The lowest BCUT2D eigenvalue weighted by Crippen LogP contribution is -2.23. The molecule has 1 amide bonds. The first-order valence-electron chi connectivity index (χ1n) is 9.42. The predicted molar refractivity (Wildman–Crippen MR) is 108 cm³/mol. The number of nitro benzene ring substituents is 1. The van der Waals surface area contributed by atoms with Gasteiger partial charge in [0.05, 0.1) is 11.0 Å². The number of esters is 1. The zero-order valence-electron chi connectivity index (χ0n) is 16.9. The maximum absolute atomic E-state index is 12.5. The number of carbonyl (C=O) groups excluding carboxylic acids is 2. The average Bonchev–Trinajstić information content (AvgIpc) is 2.72. The highest BCUT2D eigenvalue weighted by Crippen LogP contribution is 2.37. The quantitative estimate of drug-likeness (QED) is 0.436. The van der Waals surface area contributed by atoms with Crippen LogP contribution in [0.2, 0.25) is 0 Å². The molecule has 9 nitrogen and oxygen atoms in total. The summed E-state index contributed by atoms with van der Waals surface area (Å²) in [6.07, 6.45) is 0. The maximum Gasteiger partial charge on any atom is 0.345 e. The molecule has 158 valence electrons. The first-order chi connectivity index (χ1) is 14.3. The van der Waals surface area contributed by atoms with Gasteiger partial charge in [0, 0.05) is 11.8 Å². The topological polar surface area (TPSA) is 117 Å². The molecular weight excluding hydrogens is 392 g/mol. The van der Waals surface area contributed by atoms with Gasteiger partial charge in [-0.1, -0.05) is 32.0 Å². The number of hydrogen-bond acceptors (Lipinski definition) is 7. The first-order valence-corrected chi connectivity index (χ1v) is 9.42. The van der Waals surface area contributed by atoms with E-state index >= 15 is 0 Å². The summed E-state index contributed by atoms with van der Waals surface area (Å²) >= 11 is 0. The Morgan fingerprint density at radius 3 is 2.50 bits per heavy atom. The molecule has 9 heteroatoms. The summed E-state index contributed by atoms with van der Waals surface area (Å²) in [6, 6.07) is 8.00. The number of fused-ring (bicyclic) bond motifs is 1. The summed E-state index contributed by atoms with van der Waals surface area (Å²) in [5, 5.41) is 14.1. The van der Waals surface area contributed by atoms with Crippen LogP contribution in [0.3, 0.4) is 0 Å². The Hall–Kier alpha value is -3.62. The van der Waals surface area contributed by atoms with Gasteiger partial charge in [-0.25, -0.2) is 4.79 Å². The molecule has 0 fully saturated rings. The van der Waals surface area contributed by atoms with Gasteiger partial charge < -0.3 is 19.5 Å². The summed E-state index contributed by atoms with van der Waals surface area (Å²) in [5.74, 6) is -0.960. The Kier molecular flexibility index (Phi) is 6.20. The monoisotopic (exact) mass is 414 g/mol. The number of anilines is 1. The number of rotatable bonds is 6. The standard InChI is InChI=1S/C21H22N2O7/c1-12(2)14-6-4-5-13(3)20(14)22-19(24)11-30-21(25)15-9-17-18(29-8-7-28-17)10-16(15)23(26)27/h4-6,9-10,12H,7-8,11H2,1-3H3,(H,22,24). The number of nitro groups is 1. The highest BCUT2D eigenvalue weighted by molar-refractivity contribution is 5.98. The Morgan fingerprint density at radius 1 is 1.20 bits per heavy atom. The van der Waals surface area contributed by atoms with Gasteiger partial charge in [-0.05, 0) is 24.0 Å². The van der Waals surface area contributed by atoms with Gasteiger partial charge in [-0.15, -0.1) is 0 Å². The van der Waals surface area contributed by atoms with Crippen LogP contribution in [0, 0.1) is 17.0 Å². The van der Waals surface area contributed by atoms with Crippen molar-refractivity contribution < 1.29 is 28.7 Å². The second-order valence-corrected chi connectivity index (χ2v) is 7.09. The van der Waals surface area contributed by atoms with Gasteiger partial charge in [0.15, 0.2) is 18.1 Å². The molecule has 30 heavy (non-hydrogen) atoms. The molecule has 0 unspecified atom stereocenters. The third-order valence-corrected chi connectivity index (χ3v) is 4.60. The summed E-state index contributed by atoms with van der Waals surface area (Å²) in [7, 11) is 0. The van der Waals surface area contributed by atoms with E-state index in [1.165, 1.54) is 6.07 Å². The molecule has 1 aliphatic heterocycles. The van der Waals surface area contributed by atoms with Crippen molar-refractivity contribution in [2.45, 2.75) is 26.7 Å². The van der Waals surface area contributed by atoms with E-state index in [9.17, 15) is 19.7 Å². The Morgan fingerprint density at radius 2 is 1.87 bits per heavy atom. The van der Waals surface area contributed by atoms with Gasteiger partial charge in [0.1, 0.15) is 18.8 Å². The van der Waals surface area contributed by atoms with Crippen LogP contribution in [0.25, 0.3) is 0 Å².